The first-order valence-electron chi connectivity index (χ1n) is 9.98. The topological polar surface area (TPSA) is 127 Å². The quantitative estimate of drug-likeness (QED) is 0.312. The summed E-state index contributed by atoms with van der Waals surface area (Å²) >= 11 is 0. The number of benzene rings is 2. The molecule has 1 aromatic heterocycles. The van der Waals surface area contributed by atoms with Gasteiger partial charge in [0.05, 0.1) is 32.3 Å². The van der Waals surface area contributed by atoms with Crippen molar-refractivity contribution in [2.45, 2.75) is 18.4 Å². The van der Waals surface area contributed by atoms with Crippen LogP contribution in [0.15, 0.2) is 67.3 Å². The number of anilines is 1. The van der Waals surface area contributed by atoms with Crippen LogP contribution in [0, 0.1) is 0 Å². The molecule has 2 atom stereocenters. The van der Waals surface area contributed by atoms with Gasteiger partial charge in [0.2, 0.25) is 5.79 Å². The van der Waals surface area contributed by atoms with Crippen molar-refractivity contribution in [3.8, 4) is 11.5 Å². The van der Waals surface area contributed by atoms with Crippen molar-refractivity contribution in [1.82, 2.24) is 9.55 Å². The van der Waals surface area contributed by atoms with Crippen LogP contribution < -0.4 is 26.1 Å². The molecule has 1 saturated heterocycles. The fourth-order valence-electron chi connectivity index (χ4n) is 3.46. The van der Waals surface area contributed by atoms with Crippen LogP contribution in [-0.2, 0) is 21.8 Å². The number of primary amides is 1. The highest BCUT2D eigenvalue weighted by Crippen LogP contribution is 2.37. The summed E-state index contributed by atoms with van der Waals surface area (Å²) in [5, 5.41) is 0.858. The number of rotatable bonds is 8. The number of carbonyl (C=O) groups is 1. The smallest absolute Gasteiger partial charge is 0.333 e. The van der Waals surface area contributed by atoms with E-state index in [4.69, 9.17) is 30.5 Å². The van der Waals surface area contributed by atoms with Gasteiger partial charge in [-0.1, -0.05) is 0 Å². The van der Waals surface area contributed by atoms with E-state index >= 15 is 0 Å². The Balaban J connectivity index is 1.44. The molecule has 32 heavy (non-hydrogen) atoms. The van der Waals surface area contributed by atoms with Gasteiger partial charge < -0.3 is 29.2 Å². The molecule has 1 aliphatic rings. The van der Waals surface area contributed by atoms with E-state index < -0.39 is 11.8 Å². The van der Waals surface area contributed by atoms with Gasteiger partial charge in [-0.05, 0) is 48.5 Å². The summed E-state index contributed by atoms with van der Waals surface area (Å²) in [6, 6.07) is 13.5. The fourth-order valence-corrected chi connectivity index (χ4v) is 3.46. The summed E-state index contributed by atoms with van der Waals surface area (Å²) in [7, 11) is 1.62. The van der Waals surface area contributed by atoms with Crippen LogP contribution in [0.25, 0.3) is 0 Å². The molecular formula is C22H25N5O5. The van der Waals surface area contributed by atoms with Gasteiger partial charge in [0.15, 0.2) is 0 Å². The number of hydrogen-bond donors (Lipinski definition) is 2. The molecule has 1 fully saturated rings. The summed E-state index contributed by atoms with van der Waals surface area (Å²) in [6.07, 6.45) is 4.99. The average Bonchev–Trinajstić information content (AvgIpc) is 3.48. The van der Waals surface area contributed by atoms with Crippen LogP contribution in [0.4, 0.5) is 10.5 Å². The van der Waals surface area contributed by atoms with E-state index in [2.05, 4.69) is 4.98 Å². The lowest BCUT2D eigenvalue weighted by atomic mass is 10.1. The minimum absolute atomic E-state index is 0.281. The number of aromatic nitrogens is 2. The molecule has 0 saturated carbocycles. The van der Waals surface area contributed by atoms with E-state index in [0.717, 1.165) is 16.3 Å². The molecule has 10 heteroatoms. The fraction of sp³-hybridized carbons (Fsp3) is 0.273. The van der Waals surface area contributed by atoms with Crippen molar-refractivity contribution in [3.05, 3.63) is 72.8 Å². The number of imidazole rings is 1. The summed E-state index contributed by atoms with van der Waals surface area (Å²) in [5.74, 6) is 5.96. The molecule has 2 amide bonds. The largest absolute Gasteiger partial charge is 0.497 e. The number of hydrogen-bond acceptors (Lipinski definition) is 7. The monoisotopic (exact) mass is 439 g/mol. The predicted octanol–water partition coefficient (Wildman–Crippen LogP) is 2.00. The maximum absolute atomic E-state index is 11.2. The van der Waals surface area contributed by atoms with E-state index in [1.807, 2.05) is 35.0 Å². The number of hydrazine groups is 1. The van der Waals surface area contributed by atoms with Crippen molar-refractivity contribution < 1.29 is 23.7 Å². The molecule has 1 aliphatic heterocycles. The Morgan fingerprint density at radius 2 is 1.94 bits per heavy atom. The number of nitrogens with two attached hydrogens (primary N) is 2. The van der Waals surface area contributed by atoms with Gasteiger partial charge in [-0.15, -0.1) is 0 Å². The second-order valence-electron chi connectivity index (χ2n) is 7.28. The molecule has 0 spiro atoms. The van der Waals surface area contributed by atoms with E-state index in [1.165, 1.54) is 0 Å². The Morgan fingerprint density at radius 1 is 1.22 bits per heavy atom. The third kappa shape index (κ3) is 4.67. The molecule has 3 aromatic rings. The highest BCUT2D eigenvalue weighted by molar-refractivity contribution is 5.89. The first kappa shape index (κ1) is 21.6. The van der Waals surface area contributed by atoms with Crippen molar-refractivity contribution >= 4 is 11.7 Å². The van der Waals surface area contributed by atoms with E-state index in [1.54, 1.807) is 43.9 Å². The number of urea groups is 1. The number of methoxy groups -OCH3 is 1. The number of amides is 2. The van der Waals surface area contributed by atoms with Crippen LogP contribution in [0.1, 0.15) is 5.56 Å². The maximum Gasteiger partial charge on any atom is 0.333 e. The Morgan fingerprint density at radius 3 is 2.56 bits per heavy atom. The molecule has 0 radical (unpaired) electrons. The van der Waals surface area contributed by atoms with Gasteiger partial charge in [-0.25, -0.2) is 20.6 Å². The Labute approximate surface area is 185 Å². The van der Waals surface area contributed by atoms with E-state index in [0.29, 0.717) is 24.6 Å². The van der Waals surface area contributed by atoms with Crippen LogP contribution in [-0.4, -0.2) is 42.0 Å². The van der Waals surface area contributed by atoms with Crippen LogP contribution in [0.2, 0.25) is 0 Å². The molecule has 10 nitrogen and oxygen atoms in total. The Bertz CT molecular complexity index is 1030. The van der Waals surface area contributed by atoms with Crippen molar-refractivity contribution in [2.75, 3.05) is 25.3 Å². The summed E-state index contributed by atoms with van der Waals surface area (Å²) in [4.78, 5) is 15.3. The molecule has 4 rings (SSSR count). The lowest BCUT2D eigenvalue weighted by molar-refractivity contribution is -0.189. The standard InChI is InChI=1S/C22H25N5O5/c1-29-18-6-2-16(3-7-18)22(14-26-11-10-25-15-26)31-13-20(32-22)12-30-19-8-4-17(5-9-19)27(24)21(23)28/h2-11,15,20H,12-14,24H2,1H3,(H2,23,28). The third-order valence-electron chi connectivity index (χ3n) is 5.13. The van der Waals surface area contributed by atoms with Gasteiger partial charge in [-0.3, -0.25) is 0 Å². The number of carbonyl (C=O) groups excluding carboxylic acids is 1. The van der Waals surface area contributed by atoms with E-state index in [-0.39, 0.29) is 12.7 Å². The molecule has 168 valence electrons. The van der Waals surface area contributed by atoms with Gasteiger partial charge in [0.25, 0.3) is 0 Å². The van der Waals surface area contributed by atoms with Gasteiger partial charge in [0.1, 0.15) is 24.2 Å². The Hall–Kier alpha value is -3.60. The van der Waals surface area contributed by atoms with Crippen LogP contribution in [0.5, 0.6) is 11.5 Å². The first-order valence-corrected chi connectivity index (χ1v) is 9.98. The highest BCUT2D eigenvalue weighted by atomic mass is 16.8. The first-order chi connectivity index (χ1) is 15.5. The highest BCUT2D eigenvalue weighted by Gasteiger charge is 2.44. The second kappa shape index (κ2) is 9.27. The minimum Gasteiger partial charge on any atom is -0.497 e. The molecule has 4 N–H and O–H groups in total. The molecule has 2 unspecified atom stereocenters. The third-order valence-corrected chi connectivity index (χ3v) is 5.13. The lowest BCUT2D eigenvalue weighted by Crippen LogP contribution is -2.41. The SMILES string of the molecule is COc1ccc(C2(Cn3ccnc3)OCC(COc3ccc(N(N)C(N)=O)cc3)O2)cc1. The van der Waals surface area contributed by atoms with Crippen LogP contribution in [0.3, 0.4) is 0 Å². The second-order valence-corrected chi connectivity index (χ2v) is 7.28. The average molecular weight is 439 g/mol. The van der Waals surface area contributed by atoms with Crippen molar-refractivity contribution in [1.29, 1.82) is 0 Å². The van der Waals surface area contributed by atoms with Gasteiger partial charge >= 0.3 is 6.03 Å². The molecule has 0 bridgehead atoms. The summed E-state index contributed by atoms with van der Waals surface area (Å²) in [5.41, 5.74) is 6.50. The number of nitrogens with zero attached hydrogens (tertiary/aromatic N) is 3. The minimum atomic E-state index is -0.980. The lowest BCUT2D eigenvalue weighted by Gasteiger charge is -2.29. The van der Waals surface area contributed by atoms with Crippen LogP contribution >= 0.6 is 0 Å². The summed E-state index contributed by atoms with van der Waals surface area (Å²) < 4.78 is 25.6. The maximum atomic E-state index is 11.2. The Kier molecular flexibility index (Phi) is 6.26. The summed E-state index contributed by atoms with van der Waals surface area (Å²) in [6.45, 7) is 1.07. The normalized spacial score (nSPS) is 20.1. The number of ether oxygens (including phenoxy) is 4. The molecule has 2 aromatic carbocycles. The molecular weight excluding hydrogens is 414 g/mol. The molecule has 2 heterocycles. The zero-order chi connectivity index (χ0) is 22.6. The molecule has 0 aliphatic carbocycles. The van der Waals surface area contributed by atoms with Crippen molar-refractivity contribution in [2.24, 2.45) is 11.6 Å². The van der Waals surface area contributed by atoms with Crippen molar-refractivity contribution in [3.63, 3.8) is 0 Å². The van der Waals surface area contributed by atoms with E-state index in [9.17, 15) is 4.79 Å². The van der Waals surface area contributed by atoms with Gasteiger partial charge in [-0.2, -0.15) is 0 Å². The van der Waals surface area contributed by atoms with Gasteiger partial charge in [0, 0.05) is 18.0 Å². The zero-order valence-corrected chi connectivity index (χ0v) is 17.6. The predicted molar refractivity (Wildman–Crippen MR) is 116 cm³/mol. The zero-order valence-electron chi connectivity index (χ0n) is 17.6.